The summed E-state index contributed by atoms with van der Waals surface area (Å²) in [5.41, 5.74) is -0.475. The second-order valence-electron chi connectivity index (χ2n) is 6.08. The number of carbonyl (C=O) groups excluding carboxylic acids is 2. The van der Waals surface area contributed by atoms with Gasteiger partial charge in [0.25, 0.3) is 0 Å². The average molecular weight is 326 g/mol. The van der Waals surface area contributed by atoms with Crippen LogP contribution in [0.4, 0.5) is 9.80 Å². The van der Waals surface area contributed by atoms with E-state index in [1.165, 1.54) is 18.4 Å². The third-order valence-electron chi connectivity index (χ3n) is 3.22. The fourth-order valence-corrected chi connectivity index (χ4v) is 3.12. The summed E-state index contributed by atoms with van der Waals surface area (Å²) in [6, 6.07) is 3.69. The van der Waals surface area contributed by atoms with Gasteiger partial charge in [0, 0.05) is 26.2 Å². The SMILES string of the molecule is COC(=O)c1ccc(N2CCN(C(=O)OC(C)(C)C)CC2)s1. The second-order valence-corrected chi connectivity index (χ2v) is 7.15. The van der Waals surface area contributed by atoms with Gasteiger partial charge in [-0.3, -0.25) is 0 Å². The lowest BCUT2D eigenvalue weighted by molar-refractivity contribution is 0.0240. The maximum atomic E-state index is 12.0. The van der Waals surface area contributed by atoms with Gasteiger partial charge >= 0.3 is 12.1 Å². The molecule has 1 amide bonds. The van der Waals surface area contributed by atoms with Crippen molar-refractivity contribution in [3.63, 3.8) is 0 Å². The molecule has 0 spiro atoms. The Labute approximate surface area is 134 Å². The number of ether oxygens (including phenoxy) is 2. The molecule has 22 heavy (non-hydrogen) atoms. The summed E-state index contributed by atoms with van der Waals surface area (Å²) in [6.07, 6.45) is -0.270. The van der Waals surface area contributed by atoms with E-state index >= 15 is 0 Å². The summed E-state index contributed by atoms with van der Waals surface area (Å²) in [4.78, 5) is 28.0. The molecule has 0 aromatic carbocycles. The molecule has 122 valence electrons. The predicted molar refractivity (Wildman–Crippen MR) is 85.7 cm³/mol. The third kappa shape index (κ3) is 4.13. The number of piperazine rings is 1. The topological polar surface area (TPSA) is 59.1 Å². The molecule has 0 aliphatic carbocycles. The van der Waals surface area contributed by atoms with Crippen LogP contribution in [0.15, 0.2) is 12.1 Å². The molecule has 2 heterocycles. The lowest BCUT2D eigenvalue weighted by Crippen LogP contribution is -2.49. The van der Waals surface area contributed by atoms with Gasteiger partial charge in [0.05, 0.1) is 12.1 Å². The van der Waals surface area contributed by atoms with E-state index in [-0.39, 0.29) is 12.1 Å². The third-order valence-corrected chi connectivity index (χ3v) is 4.35. The highest BCUT2D eigenvalue weighted by Crippen LogP contribution is 2.27. The fourth-order valence-electron chi connectivity index (χ4n) is 2.14. The number of thiophene rings is 1. The molecule has 1 fully saturated rings. The van der Waals surface area contributed by atoms with Gasteiger partial charge < -0.3 is 19.3 Å². The van der Waals surface area contributed by atoms with Crippen LogP contribution in [0.1, 0.15) is 30.4 Å². The monoisotopic (exact) mass is 326 g/mol. The number of hydrogen-bond donors (Lipinski definition) is 0. The van der Waals surface area contributed by atoms with Gasteiger partial charge in [-0.2, -0.15) is 0 Å². The van der Waals surface area contributed by atoms with Gasteiger partial charge in [-0.25, -0.2) is 9.59 Å². The van der Waals surface area contributed by atoms with Crippen molar-refractivity contribution in [2.75, 3.05) is 38.2 Å². The molecule has 0 saturated carbocycles. The van der Waals surface area contributed by atoms with E-state index in [4.69, 9.17) is 9.47 Å². The van der Waals surface area contributed by atoms with Crippen molar-refractivity contribution in [2.24, 2.45) is 0 Å². The summed E-state index contributed by atoms with van der Waals surface area (Å²) in [5.74, 6) is -0.316. The molecule has 1 aromatic rings. The molecule has 1 saturated heterocycles. The minimum atomic E-state index is -0.475. The number of amides is 1. The molecule has 1 aromatic heterocycles. The van der Waals surface area contributed by atoms with Crippen molar-refractivity contribution in [2.45, 2.75) is 26.4 Å². The first-order chi connectivity index (χ1) is 10.3. The maximum absolute atomic E-state index is 12.0. The van der Waals surface area contributed by atoms with Gasteiger partial charge in [-0.05, 0) is 32.9 Å². The summed E-state index contributed by atoms with van der Waals surface area (Å²) in [6.45, 7) is 8.25. The summed E-state index contributed by atoms with van der Waals surface area (Å²) < 4.78 is 10.1. The minimum absolute atomic E-state index is 0.270. The van der Waals surface area contributed by atoms with Crippen molar-refractivity contribution in [3.05, 3.63) is 17.0 Å². The van der Waals surface area contributed by atoms with Crippen LogP contribution in [0.25, 0.3) is 0 Å². The summed E-state index contributed by atoms with van der Waals surface area (Å²) in [7, 11) is 1.38. The van der Waals surface area contributed by atoms with E-state index in [0.717, 1.165) is 18.1 Å². The van der Waals surface area contributed by atoms with Crippen LogP contribution >= 0.6 is 11.3 Å². The largest absolute Gasteiger partial charge is 0.465 e. The molecule has 0 unspecified atom stereocenters. The number of rotatable bonds is 2. The van der Waals surface area contributed by atoms with Crippen LogP contribution in [0, 0.1) is 0 Å². The average Bonchev–Trinajstić information content (AvgIpc) is 2.94. The second kappa shape index (κ2) is 6.56. The summed E-state index contributed by atoms with van der Waals surface area (Å²) in [5, 5.41) is 1.02. The van der Waals surface area contributed by atoms with Gasteiger partial charge in [0.2, 0.25) is 0 Å². The molecule has 0 atom stereocenters. The van der Waals surface area contributed by atoms with E-state index in [9.17, 15) is 9.59 Å². The van der Waals surface area contributed by atoms with Crippen molar-refractivity contribution in [1.82, 2.24) is 4.90 Å². The molecule has 2 rings (SSSR count). The Morgan fingerprint density at radius 3 is 2.32 bits per heavy atom. The van der Waals surface area contributed by atoms with Gasteiger partial charge in [-0.15, -0.1) is 11.3 Å². The zero-order chi connectivity index (χ0) is 16.3. The Balaban J connectivity index is 1.91. The number of anilines is 1. The van der Waals surface area contributed by atoms with Crippen molar-refractivity contribution in [3.8, 4) is 0 Å². The smallest absolute Gasteiger partial charge is 0.410 e. The number of methoxy groups -OCH3 is 1. The van der Waals surface area contributed by atoms with E-state index in [0.29, 0.717) is 18.0 Å². The predicted octanol–water partition coefficient (Wildman–Crippen LogP) is 2.59. The number of carbonyl (C=O) groups is 2. The van der Waals surface area contributed by atoms with Crippen LogP contribution in [0.3, 0.4) is 0 Å². The quantitative estimate of drug-likeness (QED) is 0.782. The number of esters is 1. The molecule has 0 bridgehead atoms. The van der Waals surface area contributed by atoms with Gasteiger partial charge in [0.15, 0.2) is 0 Å². The molecule has 7 heteroatoms. The Hall–Kier alpha value is -1.76. The van der Waals surface area contributed by atoms with Crippen LogP contribution < -0.4 is 4.90 Å². The number of nitrogens with zero attached hydrogens (tertiary/aromatic N) is 2. The van der Waals surface area contributed by atoms with Gasteiger partial charge in [-0.1, -0.05) is 0 Å². The van der Waals surface area contributed by atoms with Crippen molar-refractivity contribution in [1.29, 1.82) is 0 Å². The van der Waals surface area contributed by atoms with E-state index in [2.05, 4.69) is 4.90 Å². The van der Waals surface area contributed by atoms with Crippen LogP contribution in [-0.4, -0.2) is 55.9 Å². The van der Waals surface area contributed by atoms with Crippen LogP contribution in [0.2, 0.25) is 0 Å². The highest BCUT2D eigenvalue weighted by Gasteiger charge is 2.26. The zero-order valence-corrected chi connectivity index (χ0v) is 14.2. The standard InChI is InChI=1S/C15H22N2O4S/c1-15(2,3)21-14(19)17-9-7-16(8-10-17)12-6-5-11(22-12)13(18)20-4/h5-6H,7-10H2,1-4H3. The lowest BCUT2D eigenvalue weighted by atomic mass is 10.2. The van der Waals surface area contributed by atoms with Crippen LogP contribution in [-0.2, 0) is 9.47 Å². The molecular formula is C15H22N2O4S. The van der Waals surface area contributed by atoms with Crippen molar-refractivity contribution >= 4 is 28.4 Å². The zero-order valence-electron chi connectivity index (χ0n) is 13.4. The Kier molecular flexibility index (Phi) is 4.95. The Morgan fingerprint density at radius 1 is 1.14 bits per heavy atom. The van der Waals surface area contributed by atoms with Crippen molar-refractivity contribution < 1.29 is 19.1 Å². The first-order valence-electron chi connectivity index (χ1n) is 7.21. The molecular weight excluding hydrogens is 304 g/mol. The molecule has 1 aliphatic heterocycles. The normalized spacial score (nSPS) is 15.6. The highest BCUT2D eigenvalue weighted by molar-refractivity contribution is 7.17. The van der Waals surface area contributed by atoms with E-state index in [1.807, 2.05) is 26.8 Å². The first-order valence-corrected chi connectivity index (χ1v) is 8.03. The van der Waals surface area contributed by atoms with E-state index in [1.54, 1.807) is 11.0 Å². The highest BCUT2D eigenvalue weighted by atomic mass is 32.1. The number of hydrogen-bond acceptors (Lipinski definition) is 6. The Morgan fingerprint density at radius 2 is 1.77 bits per heavy atom. The fraction of sp³-hybridized carbons (Fsp3) is 0.600. The molecule has 1 aliphatic rings. The lowest BCUT2D eigenvalue weighted by Gasteiger charge is -2.36. The first kappa shape index (κ1) is 16.6. The van der Waals surface area contributed by atoms with E-state index < -0.39 is 5.60 Å². The minimum Gasteiger partial charge on any atom is -0.465 e. The Bertz CT molecular complexity index is 542. The maximum Gasteiger partial charge on any atom is 0.410 e. The van der Waals surface area contributed by atoms with Crippen LogP contribution in [0.5, 0.6) is 0 Å². The summed E-state index contributed by atoms with van der Waals surface area (Å²) >= 11 is 1.41. The molecule has 6 nitrogen and oxygen atoms in total. The molecule has 0 radical (unpaired) electrons. The molecule has 0 N–H and O–H groups in total. The van der Waals surface area contributed by atoms with Gasteiger partial charge in [0.1, 0.15) is 10.5 Å².